The first-order chi connectivity index (χ1) is 35.3. The fourth-order valence-corrected chi connectivity index (χ4v) is 10.4. The van der Waals surface area contributed by atoms with E-state index in [-0.39, 0.29) is 35.3 Å². The number of imidazole rings is 2. The molecule has 72 heavy (non-hydrogen) atoms. The van der Waals surface area contributed by atoms with Crippen molar-refractivity contribution in [3.8, 4) is 45.1 Å². The highest BCUT2D eigenvalue weighted by Crippen LogP contribution is 2.51. The predicted octanol–water partition coefficient (Wildman–Crippen LogP) is 7.17. The lowest BCUT2D eigenvalue weighted by molar-refractivity contribution is -0.135. The lowest BCUT2D eigenvalue weighted by atomic mass is 9.87. The van der Waals surface area contributed by atoms with Crippen molar-refractivity contribution in [2.45, 2.75) is 63.1 Å². The van der Waals surface area contributed by atoms with Crippen molar-refractivity contribution in [1.82, 2.24) is 60.3 Å². The molecular weight excluding hydrogens is 913 g/mol. The molecule has 4 atom stereocenters. The Morgan fingerprint density at radius 3 is 1.43 bits per heavy atom. The van der Waals surface area contributed by atoms with E-state index < -0.39 is 23.9 Å². The number of carbonyl (C=O) groups is 4. The number of hydrogen-bond acceptors (Lipinski definition) is 12. The number of aromatic nitrogens is 8. The van der Waals surface area contributed by atoms with E-state index in [1.807, 2.05) is 72.8 Å². The molecule has 0 spiro atoms. The summed E-state index contributed by atoms with van der Waals surface area (Å²) in [5.74, 6) is 1.38. The van der Waals surface area contributed by atoms with Crippen molar-refractivity contribution in [2.24, 2.45) is 0 Å². The van der Waals surface area contributed by atoms with E-state index >= 15 is 0 Å². The van der Waals surface area contributed by atoms with Gasteiger partial charge in [-0.1, -0.05) is 60.7 Å². The molecule has 0 radical (unpaired) electrons. The van der Waals surface area contributed by atoms with Crippen LogP contribution in [0.4, 0.5) is 0 Å². The van der Waals surface area contributed by atoms with Gasteiger partial charge in [0, 0.05) is 58.9 Å². The minimum Gasteiger partial charge on any atom is -0.488 e. The van der Waals surface area contributed by atoms with Gasteiger partial charge in [-0.25, -0.2) is 29.9 Å². The number of nitrogens with one attached hydrogen (secondary N) is 4. The number of ether oxygens (including phenoxy) is 2. The van der Waals surface area contributed by atoms with Crippen LogP contribution in [0.25, 0.3) is 33.6 Å². The number of H-pyrrole nitrogens is 2. The van der Waals surface area contributed by atoms with E-state index in [2.05, 4.69) is 52.7 Å². The summed E-state index contributed by atoms with van der Waals surface area (Å²) in [4.78, 5) is 91.6. The Balaban J connectivity index is 0.769. The Kier molecular flexibility index (Phi) is 11.5. The Hall–Kier alpha value is -9.06. The molecule has 8 heterocycles. The molecule has 12 rings (SSSR count). The lowest BCUT2D eigenvalue weighted by Crippen LogP contribution is -2.43. The van der Waals surface area contributed by atoms with Gasteiger partial charge in [0.15, 0.2) is 0 Å². The second-order valence-electron chi connectivity index (χ2n) is 18.2. The summed E-state index contributed by atoms with van der Waals surface area (Å²) in [7, 11) is 0. The maximum absolute atomic E-state index is 14.4. The van der Waals surface area contributed by atoms with Gasteiger partial charge in [-0.3, -0.25) is 19.2 Å². The second-order valence-corrected chi connectivity index (χ2v) is 18.2. The summed E-state index contributed by atoms with van der Waals surface area (Å²) in [5, 5.41) is 5.84. The van der Waals surface area contributed by atoms with Gasteiger partial charge >= 0.3 is 0 Å². The topological polar surface area (TPSA) is 226 Å². The molecule has 2 saturated heterocycles. The van der Waals surface area contributed by atoms with E-state index in [0.29, 0.717) is 61.9 Å². The minimum absolute atomic E-state index is 0.169. The first kappa shape index (κ1) is 44.2. The minimum atomic E-state index is -0.936. The number of rotatable bonds is 12. The maximum Gasteiger partial charge on any atom is 0.270 e. The molecule has 0 saturated carbocycles. The van der Waals surface area contributed by atoms with E-state index in [1.54, 1.807) is 22.2 Å². The van der Waals surface area contributed by atoms with Gasteiger partial charge in [-0.2, -0.15) is 0 Å². The molecule has 0 aliphatic carbocycles. The van der Waals surface area contributed by atoms with Gasteiger partial charge in [0.1, 0.15) is 72.5 Å². The quantitative estimate of drug-likeness (QED) is 0.0957. The summed E-state index contributed by atoms with van der Waals surface area (Å²) >= 11 is 0. The van der Waals surface area contributed by atoms with Crippen molar-refractivity contribution in [2.75, 3.05) is 13.1 Å². The molecule has 18 nitrogen and oxygen atoms in total. The van der Waals surface area contributed by atoms with Crippen LogP contribution in [0, 0.1) is 0 Å². The molecule has 4 N–H and O–H groups in total. The number of likely N-dealkylation sites (tertiary alicyclic amines) is 2. The van der Waals surface area contributed by atoms with Gasteiger partial charge in [-0.15, -0.1) is 0 Å². The van der Waals surface area contributed by atoms with E-state index in [4.69, 9.17) is 19.4 Å². The molecule has 4 aromatic heterocycles. The monoisotopic (exact) mass is 958 g/mol. The van der Waals surface area contributed by atoms with Crippen LogP contribution in [0.1, 0.15) is 105 Å². The summed E-state index contributed by atoms with van der Waals surface area (Å²) in [6.07, 6.45) is 12.1. The Morgan fingerprint density at radius 2 is 1.01 bits per heavy atom. The second kappa shape index (κ2) is 18.7. The molecule has 18 heteroatoms. The van der Waals surface area contributed by atoms with E-state index in [0.717, 1.165) is 69.1 Å². The predicted molar refractivity (Wildman–Crippen MR) is 260 cm³/mol. The van der Waals surface area contributed by atoms with Crippen LogP contribution in [0.5, 0.6) is 11.5 Å². The summed E-state index contributed by atoms with van der Waals surface area (Å²) < 4.78 is 13.0. The molecular formula is C54H46N12O6. The molecule has 4 aromatic carbocycles. The largest absolute Gasteiger partial charge is 0.488 e. The van der Waals surface area contributed by atoms with Gasteiger partial charge in [-0.05, 0) is 73.2 Å². The molecule has 2 fully saturated rings. The van der Waals surface area contributed by atoms with Crippen molar-refractivity contribution < 1.29 is 28.7 Å². The first-order valence-electron chi connectivity index (χ1n) is 23.9. The highest BCUT2D eigenvalue weighted by atomic mass is 16.5. The molecule has 0 bridgehead atoms. The standard InChI is InChI=1S/C54H46N12O6/c67-51(37-15-17-55-29-59-37)63-47(31-9-3-1-4-10-31)53(69)65-19-7-13-41(65)49-57-25-39(61-49)33-21-35-27-72-44-24-34(22-36-28-71-43(23-33)45(35)46(36)44)40-26-58-50(62-40)42-14-8-20-66(42)54(70)48(32-11-5-2-6-12-32)64-52(68)38-16-18-56-30-60-38/h1-6,9-12,15-18,21-26,29-30,41-42,47-48H,7-8,13-14,19-20,27-28H2,(H,57,61)(H,58,62)(H,63,67)(H,64,68)/t41-,42-,47+,48?/m0/s1. The van der Waals surface area contributed by atoms with Gasteiger partial charge in [0.25, 0.3) is 11.8 Å². The van der Waals surface area contributed by atoms with E-state index in [9.17, 15) is 19.2 Å². The number of aromatic amines is 2. The zero-order chi connectivity index (χ0) is 48.7. The fraction of sp³-hybridized carbons (Fsp3) is 0.222. The van der Waals surface area contributed by atoms with Crippen LogP contribution in [0.2, 0.25) is 0 Å². The Labute approximate surface area is 412 Å². The summed E-state index contributed by atoms with van der Waals surface area (Å²) in [6.45, 7) is 1.64. The van der Waals surface area contributed by atoms with Crippen LogP contribution in [-0.4, -0.2) is 86.4 Å². The fourth-order valence-electron chi connectivity index (χ4n) is 10.4. The molecule has 8 aromatic rings. The van der Waals surface area contributed by atoms with Crippen molar-refractivity contribution >= 4 is 23.6 Å². The SMILES string of the molecule is O=C(NC(C(=O)N1CCC[C@H]1c1ncc(-c2cc3c4c(c2)OCc2cc(-c5cnc([C@@H]6CCCN6C(=O)[C@H](NC(=O)c6ccncn6)c6ccccc6)[nH]5)cc(c2-4)OC3)[nH]1)c1ccccc1)c1ccncn1. The average Bonchev–Trinajstić information content (AvgIpc) is 4.30. The molecule has 358 valence electrons. The zero-order valence-corrected chi connectivity index (χ0v) is 38.7. The van der Waals surface area contributed by atoms with Crippen LogP contribution >= 0.6 is 0 Å². The van der Waals surface area contributed by atoms with Gasteiger partial charge < -0.3 is 39.9 Å². The van der Waals surface area contributed by atoms with Crippen LogP contribution < -0.4 is 20.1 Å². The Bertz CT molecular complexity index is 3080. The molecule has 4 aliphatic heterocycles. The molecule has 1 unspecified atom stereocenters. The number of hydrogen-bond donors (Lipinski definition) is 4. The molecule has 4 aliphatic rings. The highest BCUT2D eigenvalue weighted by molar-refractivity contribution is 5.97. The van der Waals surface area contributed by atoms with Gasteiger partial charge in [0.2, 0.25) is 11.8 Å². The summed E-state index contributed by atoms with van der Waals surface area (Å²) in [6, 6.07) is 27.1. The smallest absolute Gasteiger partial charge is 0.270 e. The molecule has 4 amide bonds. The third kappa shape index (κ3) is 8.25. The lowest BCUT2D eigenvalue weighted by Gasteiger charge is -2.30. The third-order valence-corrected chi connectivity index (χ3v) is 13.8. The number of carbonyl (C=O) groups excluding carboxylic acids is 4. The number of nitrogens with zero attached hydrogens (tertiary/aromatic N) is 8. The highest BCUT2D eigenvalue weighted by Gasteiger charge is 2.39. The van der Waals surface area contributed by atoms with Gasteiger partial charge in [0.05, 0.1) is 35.9 Å². The normalized spacial score (nSPS) is 17.3. The van der Waals surface area contributed by atoms with Crippen LogP contribution in [-0.2, 0) is 22.8 Å². The van der Waals surface area contributed by atoms with Crippen molar-refractivity contribution in [1.29, 1.82) is 0 Å². The number of amides is 4. The summed E-state index contributed by atoms with van der Waals surface area (Å²) in [5.41, 5.74) is 8.88. The van der Waals surface area contributed by atoms with Crippen molar-refractivity contribution in [3.05, 3.63) is 180 Å². The Morgan fingerprint density at radius 1 is 0.569 bits per heavy atom. The average molecular weight is 959 g/mol. The third-order valence-electron chi connectivity index (χ3n) is 13.8. The van der Waals surface area contributed by atoms with E-state index in [1.165, 1.54) is 37.2 Å². The first-order valence-corrected chi connectivity index (χ1v) is 23.9. The van der Waals surface area contributed by atoms with Crippen molar-refractivity contribution in [3.63, 3.8) is 0 Å². The maximum atomic E-state index is 14.4. The zero-order valence-electron chi connectivity index (χ0n) is 38.7. The van der Waals surface area contributed by atoms with Crippen LogP contribution in [0.3, 0.4) is 0 Å². The van der Waals surface area contributed by atoms with Crippen LogP contribution in [0.15, 0.2) is 135 Å². The number of benzene rings is 4.